The van der Waals surface area contributed by atoms with Crippen LogP contribution in [-0.2, 0) is 9.53 Å². The van der Waals surface area contributed by atoms with Crippen LogP contribution < -0.4 is 4.74 Å². The molecule has 104 valence electrons. The Bertz CT molecular complexity index is 628. The highest BCUT2D eigenvalue weighted by Gasteiger charge is 2.30. The lowest BCUT2D eigenvalue weighted by Crippen LogP contribution is -2.23. The molecular formula is C15H15NO4. The number of ether oxygens (including phenoxy) is 2. The van der Waals surface area contributed by atoms with E-state index in [1.54, 1.807) is 6.20 Å². The van der Waals surface area contributed by atoms with Crippen LogP contribution in [0, 0.1) is 0 Å². The summed E-state index contributed by atoms with van der Waals surface area (Å²) in [6.07, 6.45) is 2.15. The Morgan fingerprint density at radius 2 is 2.30 bits per heavy atom. The van der Waals surface area contributed by atoms with Gasteiger partial charge < -0.3 is 14.6 Å². The normalized spacial score (nSPS) is 22.0. The molecule has 0 radical (unpaired) electrons. The summed E-state index contributed by atoms with van der Waals surface area (Å²) in [5, 5.41) is 9.92. The lowest BCUT2D eigenvalue weighted by atomic mass is 10.2. The minimum absolute atomic E-state index is 0.157. The second-order valence-corrected chi connectivity index (χ2v) is 4.83. The van der Waals surface area contributed by atoms with Crippen LogP contribution in [0.4, 0.5) is 0 Å². The molecule has 1 aromatic heterocycles. The number of carboxylic acid groups (broad SMARTS) is 1. The van der Waals surface area contributed by atoms with Gasteiger partial charge in [-0.15, -0.1) is 0 Å². The van der Waals surface area contributed by atoms with Gasteiger partial charge in [-0.05, 0) is 31.0 Å². The van der Waals surface area contributed by atoms with E-state index in [1.165, 1.54) is 0 Å². The SMILES string of the molecule is O=C(O)C1CCC(COc2ccc3cccnc3c2)O1. The zero-order valence-electron chi connectivity index (χ0n) is 10.9. The van der Waals surface area contributed by atoms with Crippen LogP contribution in [-0.4, -0.2) is 34.9 Å². The van der Waals surface area contributed by atoms with Crippen molar-refractivity contribution in [2.24, 2.45) is 0 Å². The maximum absolute atomic E-state index is 10.8. The fourth-order valence-electron chi connectivity index (χ4n) is 2.34. The summed E-state index contributed by atoms with van der Waals surface area (Å²) in [4.78, 5) is 15.1. The first kappa shape index (κ1) is 12.9. The molecule has 1 aliphatic heterocycles. The zero-order chi connectivity index (χ0) is 13.9. The molecule has 0 aliphatic carbocycles. The van der Waals surface area contributed by atoms with Gasteiger partial charge in [-0.2, -0.15) is 0 Å². The smallest absolute Gasteiger partial charge is 0.332 e. The number of pyridine rings is 1. The molecule has 2 unspecified atom stereocenters. The summed E-state index contributed by atoms with van der Waals surface area (Å²) in [5.41, 5.74) is 0.876. The van der Waals surface area contributed by atoms with E-state index in [1.807, 2.05) is 30.3 Å². The van der Waals surface area contributed by atoms with Crippen molar-refractivity contribution in [2.45, 2.75) is 25.0 Å². The van der Waals surface area contributed by atoms with Crippen molar-refractivity contribution >= 4 is 16.9 Å². The first-order valence-corrected chi connectivity index (χ1v) is 6.58. The van der Waals surface area contributed by atoms with Crippen molar-refractivity contribution < 1.29 is 19.4 Å². The monoisotopic (exact) mass is 273 g/mol. The van der Waals surface area contributed by atoms with E-state index < -0.39 is 12.1 Å². The van der Waals surface area contributed by atoms with Crippen LogP contribution in [0.25, 0.3) is 10.9 Å². The van der Waals surface area contributed by atoms with E-state index >= 15 is 0 Å². The van der Waals surface area contributed by atoms with Crippen molar-refractivity contribution in [3.63, 3.8) is 0 Å². The van der Waals surface area contributed by atoms with Crippen LogP contribution in [0.1, 0.15) is 12.8 Å². The summed E-state index contributed by atoms with van der Waals surface area (Å²) >= 11 is 0. The number of fused-ring (bicyclic) bond motifs is 1. The summed E-state index contributed by atoms with van der Waals surface area (Å²) in [7, 11) is 0. The molecule has 0 bridgehead atoms. The Morgan fingerprint density at radius 1 is 1.40 bits per heavy atom. The summed E-state index contributed by atoms with van der Waals surface area (Å²) in [5.74, 6) is -0.180. The number of aromatic nitrogens is 1. The predicted octanol–water partition coefficient (Wildman–Crippen LogP) is 2.25. The van der Waals surface area contributed by atoms with Crippen LogP contribution in [0.15, 0.2) is 36.5 Å². The average Bonchev–Trinajstić information content (AvgIpc) is 2.94. The second-order valence-electron chi connectivity index (χ2n) is 4.83. The molecule has 1 saturated heterocycles. The van der Waals surface area contributed by atoms with Crippen molar-refractivity contribution in [2.75, 3.05) is 6.61 Å². The van der Waals surface area contributed by atoms with Gasteiger partial charge in [0.15, 0.2) is 6.10 Å². The molecule has 0 saturated carbocycles. The highest BCUT2D eigenvalue weighted by atomic mass is 16.6. The largest absolute Gasteiger partial charge is 0.491 e. The number of hydrogen-bond donors (Lipinski definition) is 1. The van der Waals surface area contributed by atoms with Gasteiger partial charge in [-0.3, -0.25) is 4.98 Å². The number of rotatable bonds is 4. The minimum atomic E-state index is -0.901. The molecule has 1 aliphatic rings. The third kappa shape index (κ3) is 2.72. The van der Waals surface area contributed by atoms with E-state index in [-0.39, 0.29) is 6.10 Å². The van der Waals surface area contributed by atoms with Gasteiger partial charge in [0.2, 0.25) is 0 Å². The van der Waals surface area contributed by atoms with Crippen LogP contribution >= 0.6 is 0 Å². The van der Waals surface area contributed by atoms with Crippen molar-refractivity contribution in [3.8, 4) is 5.75 Å². The summed E-state index contributed by atoms with van der Waals surface area (Å²) in [6, 6.07) is 9.59. The third-order valence-electron chi connectivity index (χ3n) is 3.40. The molecule has 0 amide bonds. The molecule has 0 spiro atoms. The highest BCUT2D eigenvalue weighted by Crippen LogP contribution is 2.23. The van der Waals surface area contributed by atoms with Crippen LogP contribution in [0.5, 0.6) is 5.75 Å². The molecule has 2 atom stereocenters. The van der Waals surface area contributed by atoms with E-state index in [4.69, 9.17) is 14.6 Å². The topological polar surface area (TPSA) is 68.7 Å². The number of aliphatic carboxylic acids is 1. The Morgan fingerprint density at radius 3 is 3.10 bits per heavy atom. The Balaban J connectivity index is 1.61. The lowest BCUT2D eigenvalue weighted by molar-refractivity contribution is -0.149. The second kappa shape index (κ2) is 5.46. The molecule has 2 aromatic rings. The lowest BCUT2D eigenvalue weighted by Gasteiger charge is -2.13. The Labute approximate surface area is 116 Å². The number of hydrogen-bond acceptors (Lipinski definition) is 4. The standard InChI is InChI=1S/C15H15NO4/c17-15(18)14-6-5-12(20-14)9-19-11-4-3-10-2-1-7-16-13(10)8-11/h1-4,7-8,12,14H,5-6,9H2,(H,17,18). The van der Waals surface area contributed by atoms with Gasteiger partial charge in [-0.25, -0.2) is 4.79 Å². The molecule has 5 heteroatoms. The predicted molar refractivity (Wildman–Crippen MR) is 72.8 cm³/mol. The maximum Gasteiger partial charge on any atom is 0.332 e. The summed E-state index contributed by atoms with van der Waals surface area (Å²) < 4.78 is 11.1. The third-order valence-corrected chi connectivity index (χ3v) is 3.40. The van der Waals surface area contributed by atoms with Gasteiger partial charge in [0.05, 0.1) is 11.6 Å². The first-order valence-electron chi connectivity index (χ1n) is 6.58. The quantitative estimate of drug-likeness (QED) is 0.925. The molecule has 20 heavy (non-hydrogen) atoms. The van der Waals surface area contributed by atoms with Gasteiger partial charge >= 0.3 is 5.97 Å². The van der Waals surface area contributed by atoms with E-state index in [0.717, 1.165) is 16.7 Å². The average molecular weight is 273 g/mol. The molecule has 3 rings (SSSR count). The number of carbonyl (C=O) groups is 1. The van der Waals surface area contributed by atoms with E-state index in [0.29, 0.717) is 19.4 Å². The Kier molecular flexibility index (Phi) is 3.52. The fourth-order valence-corrected chi connectivity index (χ4v) is 2.34. The minimum Gasteiger partial charge on any atom is -0.491 e. The van der Waals surface area contributed by atoms with Gasteiger partial charge in [-0.1, -0.05) is 6.07 Å². The van der Waals surface area contributed by atoms with Gasteiger partial charge in [0.25, 0.3) is 0 Å². The molecule has 2 heterocycles. The van der Waals surface area contributed by atoms with Gasteiger partial charge in [0.1, 0.15) is 12.4 Å². The van der Waals surface area contributed by atoms with Gasteiger partial charge in [0, 0.05) is 17.6 Å². The van der Waals surface area contributed by atoms with Crippen LogP contribution in [0.3, 0.4) is 0 Å². The number of nitrogens with zero attached hydrogens (tertiary/aromatic N) is 1. The first-order chi connectivity index (χ1) is 9.72. The molecule has 5 nitrogen and oxygen atoms in total. The summed E-state index contributed by atoms with van der Waals surface area (Å²) in [6.45, 7) is 0.363. The van der Waals surface area contributed by atoms with E-state index in [2.05, 4.69) is 4.98 Å². The fraction of sp³-hybridized carbons (Fsp3) is 0.333. The molecular weight excluding hydrogens is 258 g/mol. The van der Waals surface area contributed by atoms with Crippen molar-refractivity contribution in [1.29, 1.82) is 0 Å². The maximum atomic E-state index is 10.8. The number of carboxylic acids is 1. The zero-order valence-corrected chi connectivity index (χ0v) is 10.9. The van der Waals surface area contributed by atoms with E-state index in [9.17, 15) is 4.79 Å². The molecule has 1 aromatic carbocycles. The molecule has 1 N–H and O–H groups in total. The highest BCUT2D eigenvalue weighted by molar-refractivity contribution is 5.79. The van der Waals surface area contributed by atoms with Crippen molar-refractivity contribution in [1.82, 2.24) is 4.98 Å². The van der Waals surface area contributed by atoms with Crippen LogP contribution in [0.2, 0.25) is 0 Å². The molecule has 1 fully saturated rings. The Hall–Kier alpha value is -2.14. The van der Waals surface area contributed by atoms with Crippen molar-refractivity contribution in [3.05, 3.63) is 36.5 Å². The number of benzene rings is 1.